The molecule has 0 unspecified atom stereocenters. The molecule has 1 aromatic rings. The quantitative estimate of drug-likeness (QED) is 0.677. The Balaban J connectivity index is 2.14. The van der Waals surface area contributed by atoms with Crippen LogP contribution in [0.2, 0.25) is 0 Å². The minimum absolute atomic E-state index is 0.0420. The SMILES string of the molecule is Cc1cc(C(=O)N2CCCC2)ccc1NN=C(C#N)C#N. The summed E-state index contributed by atoms with van der Waals surface area (Å²) in [6, 6.07) is 8.59. The third-order valence-electron chi connectivity index (χ3n) is 3.37. The van der Waals surface area contributed by atoms with Crippen LogP contribution in [0.3, 0.4) is 0 Å². The number of carbonyl (C=O) groups is 1. The summed E-state index contributed by atoms with van der Waals surface area (Å²) in [4.78, 5) is 14.1. The molecule has 106 valence electrons. The number of nitriles is 2. The van der Waals surface area contributed by atoms with Crippen LogP contribution in [-0.2, 0) is 0 Å². The Hall–Kier alpha value is -2.86. The summed E-state index contributed by atoms with van der Waals surface area (Å²) in [5.41, 5.74) is 4.56. The number of hydrogen-bond acceptors (Lipinski definition) is 5. The molecular formula is C15H15N5O. The Labute approximate surface area is 123 Å². The molecule has 0 bridgehead atoms. The number of rotatable bonds is 3. The van der Waals surface area contributed by atoms with Gasteiger partial charge in [-0.3, -0.25) is 10.2 Å². The summed E-state index contributed by atoms with van der Waals surface area (Å²) in [5.74, 6) is 0.0420. The van der Waals surface area contributed by atoms with Crippen LogP contribution < -0.4 is 5.43 Å². The van der Waals surface area contributed by atoms with E-state index >= 15 is 0 Å². The van der Waals surface area contributed by atoms with Crippen molar-refractivity contribution in [2.45, 2.75) is 19.8 Å². The number of aryl methyl sites for hydroxylation is 1. The molecule has 1 saturated heterocycles. The highest BCUT2D eigenvalue weighted by atomic mass is 16.2. The van der Waals surface area contributed by atoms with Crippen LogP contribution in [0.25, 0.3) is 0 Å². The second kappa shape index (κ2) is 6.53. The molecule has 1 aliphatic rings. The maximum Gasteiger partial charge on any atom is 0.253 e. The molecule has 0 atom stereocenters. The molecule has 0 radical (unpaired) electrons. The van der Waals surface area contributed by atoms with Crippen LogP contribution in [0, 0.1) is 29.6 Å². The Morgan fingerprint density at radius 3 is 2.52 bits per heavy atom. The molecule has 1 aromatic carbocycles. The van der Waals surface area contributed by atoms with Gasteiger partial charge in [-0.15, -0.1) is 0 Å². The van der Waals surface area contributed by atoms with Crippen molar-refractivity contribution >= 4 is 17.3 Å². The summed E-state index contributed by atoms with van der Waals surface area (Å²) in [5, 5.41) is 20.9. The average molecular weight is 281 g/mol. The van der Waals surface area contributed by atoms with E-state index in [1.807, 2.05) is 11.8 Å². The molecule has 0 saturated carbocycles. The molecule has 21 heavy (non-hydrogen) atoms. The minimum atomic E-state index is -0.244. The fourth-order valence-corrected chi connectivity index (χ4v) is 2.22. The van der Waals surface area contributed by atoms with Crippen LogP contribution in [-0.4, -0.2) is 29.6 Å². The Kier molecular flexibility index (Phi) is 4.53. The molecule has 1 N–H and O–H groups in total. The molecular weight excluding hydrogens is 266 g/mol. The summed E-state index contributed by atoms with van der Waals surface area (Å²) in [6.07, 6.45) is 2.12. The number of hydrazone groups is 1. The van der Waals surface area contributed by atoms with E-state index in [2.05, 4.69) is 10.5 Å². The third-order valence-corrected chi connectivity index (χ3v) is 3.37. The van der Waals surface area contributed by atoms with Gasteiger partial charge in [-0.05, 0) is 43.5 Å². The lowest BCUT2D eigenvalue weighted by molar-refractivity contribution is 0.0793. The van der Waals surface area contributed by atoms with Gasteiger partial charge in [-0.1, -0.05) is 0 Å². The van der Waals surface area contributed by atoms with E-state index in [1.165, 1.54) is 0 Å². The number of likely N-dealkylation sites (tertiary alicyclic amines) is 1. The summed E-state index contributed by atoms with van der Waals surface area (Å²) < 4.78 is 0. The maximum atomic E-state index is 12.3. The Bertz CT molecular complexity index is 644. The topological polar surface area (TPSA) is 92.3 Å². The van der Waals surface area contributed by atoms with Crippen molar-refractivity contribution < 1.29 is 4.79 Å². The van der Waals surface area contributed by atoms with Crippen LogP contribution in [0.1, 0.15) is 28.8 Å². The second-order valence-corrected chi connectivity index (χ2v) is 4.82. The van der Waals surface area contributed by atoms with Gasteiger partial charge in [0.1, 0.15) is 12.1 Å². The largest absolute Gasteiger partial charge is 0.339 e. The number of amides is 1. The third kappa shape index (κ3) is 3.37. The van der Waals surface area contributed by atoms with Gasteiger partial charge in [0, 0.05) is 18.7 Å². The lowest BCUT2D eigenvalue weighted by atomic mass is 10.1. The number of nitrogens with one attached hydrogen (secondary N) is 1. The number of carbonyl (C=O) groups excluding carboxylic acids is 1. The number of nitrogens with zero attached hydrogens (tertiary/aromatic N) is 4. The van der Waals surface area contributed by atoms with Gasteiger partial charge < -0.3 is 4.90 Å². The normalized spacial score (nSPS) is 13.2. The van der Waals surface area contributed by atoms with Crippen LogP contribution in [0.5, 0.6) is 0 Å². The Morgan fingerprint density at radius 1 is 1.29 bits per heavy atom. The van der Waals surface area contributed by atoms with Gasteiger partial charge in [-0.2, -0.15) is 15.6 Å². The predicted molar refractivity (Wildman–Crippen MR) is 78.6 cm³/mol. The highest BCUT2D eigenvalue weighted by molar-refractivity contribution is 6.10. The standard InChI is InChI=1S/C15H15N5O/c1-11-8-12(15(21)20-6-2-3-7-20)4-5-14(11)19-18-13(9-16)10-17/h4-5,8,19H,2-3,6-7H2,1H3. The van der Waals surface area contributed by atoms with Gasteiger partial charge in [0.2, 0.25) is 5.71 Å². The molecule has 1 aliphatic heterocycles. The van der Waals surface area contributed by atoms with Crippen molar-refractivity contribution in [1.82, 2.24) is 4.90 Å². The zero-order valence-corrected chi connectivity index (χ0v) is 11.8. The van der Waals surface area contributed by atoms with E-state index in [-0.39, 0.29) is 11.6 Å². The monoisotopic (exact) mass is 281 g/mol. The summed E-state index contributed by atoms with van der Waals surface area (Å²) in [7, 11) is 0. The molecule has 0 aromatic heterocycles. The molecule has 1 amide bonds. The van der Waals surface area contributed by atoms with Crippen LogP contribution in [0.15, 0.2) is 23.3 Å². The van der Waals surface area contributed by atoms with Crippen LogP contribution >= 0.6 is 0 Å². The van der Waals surface area contributed by atoms with Crippen molar-refractivity contribution in [3.63, 3.8) is 0 Å². The molecule has 0 spiro atoms. The van der Waals surface area contributed by atoms with E-state index in [9.17, 15) is 4.79 Å². The molecule has 1 heterocycles. The number of benzene rings is 1. The van der Waals surface area contributed by atoms with Crippen molar-refractivity contribution in [3.8, 4) is 12.1 Å². The van der Waals surface area contributed by atoms with Crippen LogP contribution in [0.4, 0.5) is 5.69 Å². The fraction of sp³-hybridized carbons (Fsp3) is 0.333. The second-order valence-electron chi connectivity index (χ2n) is 4.82. The average Bonchev–Trinajstić information content (AvgIpc) is 3.03. The van der Waals surface area contributed by atoms with Gasteiger partial charge in [0.05, 0.1) is 5.69 Å². The summed E-state index contributed by atoms with van der Waals surface area (Å²) >= 11 is 0. The first kappa shape index (κ1) is 14.5. The number of hydrogen-bond donors (Lipinski definition) is 1. The zero-order chi connectivity index (χ0) is 15.2. The first-order valence-corrected chi connectivity index (χ1v) is 6.69. The van der Waals surface area contributed by atoms with E-state index in [1.54, 1.807) is 30.3 Å². The van der Waals surface area contributed by atoms with Crippen molar-refractivity contribution in [1.29, 1.82) is 10.5 Å². The lowest BCUT2D eigenvalue weighted by Gasteiger charge is -2.16. The van der Waals surface area contributed by atoms with E-state index in [0.29, 0.717) is 11.3 Å². The molecule has 0 aliphatic carbocycles. The molecule has 2 rings (SSSR count). The fourth-order valence-electron chi connectivity index (χ4n) is 2.22. The first-order chi connectivity index (χ1) is 10.2. The highest BCUT2D eigenvalue weighted by Crippen LogP contribution is 2.19. The summed E-state index contributed by atoms with van der Waals surface area (Å²) in [6.45, 7) is 3.47. The van der Waals surface area contributed by atoms with Gasteiger partial charge in [0.15, 0.2) is 0 Å². The smallest absolute Gasteiger partial charge is 0.253 e. The molecule has 6 nitrogen and oxygen atoms in total. The highest BCUT2D eigenvalue weighted by Gasteiger charge is 2.19. The number of anilines is 1. The van der Waals surface area contributed by atoms with Crippen molar-refractivity contribution in [2.75, 3.05) is 18.5 Å². The van der Waals surface area contributed by atoms with Gasteiger partial charge >= 0.3 is 0 Å². The van der Waals surface area contributed by atoms with E-state index in [4.69, 9.17) is 10.5 Å². The zero-order valence-electron chi connectivity index (χ0n) is 11.8. The Morgan fingerprint density at radius 2 is 1.95 bits per heavy atom. The molecule has 1 fully saturated rings. The van der Waals surface area contributed by atoms with Crippen molar-refractivity contribution in [2.24, 2.45) is 5.10 Å². The van der Waals surface area contributed by atoms with E-state index < -0.39 is 0 Å². The minimum Gasteiger partial charge on any atom is -0.339 e. The van der Waals surface area contributed by atoms with E-state index in [0.717, 1.165) is 31.5 Å². The van der Waals surface area contributed by atoms with Gasteiger partial charge in [-0.25, -0.2) is 0 Å². The van der Waals surface area contributed by atoms with Gasteiger partial charge in [0.25, 0.3) is 5.91 Å². The predicted octanol–water partition coefficient (Wildman–Crippen LogP) is 2.05. The lowest BCUT2D eigenvalue weighted by Crippen LogP contribution is -2.27. The first-order valence-electron chi connectivity index (χ1n) is 6.69. The van der Waals surface area contributed by atoms with Crippen molar-refractivity contribution in [3.05, 3.63) is 29.3 Å². The maximum absolute atomic E-state index is 12.3. The molecule has 6 heteroatoms.